The van der Waals surface area contributed by atoms with Crippen LogP contribution < -0.4 is 15.4 Å². The van der Waals surface area contributed by atoms with E-state index >= 15 is 0 Å². The fraction of sp³-hybridized carbons (Fsp3) is 0.130. The number of nitrogens with one attached hydrogen (secondary N) is 2. The maximum Gasteiger partial charge on any atom is 0.233 e. The Kier molecular flexibility index (Phi) is 6.41. The second-order valence-electron chi connectivity index (χ2n) is 6.44. The summed E-state index contributed by atoms with van der Waals surface area (Å²) in [5, 5.41) is 5.42. The molecule has 5 nitrogen and oxygen atoms in total. The predicted octanol–water partition coefficient (Wildman–Crippen LogP) is 4.54. The summed E-state index contributed by atoms with van der Waals surface area (Å²) in [6.45, 7) is 2.45. The van der Waals surface area contributed by atoms with E-state index in [1.807, 2.05) is 49.4 Å². The maximum absolute atomic E-state index is 12.1. The van der Waals surface area contributed by atoms with E-state index in [0.29, 0.717) is 23.7 Å². The summed E-state index contributed by atoms with van der Waals surface area (Å²) in [7, 11) is 0. The van der Waals surface area contributed by atoms with Crippen LogP contribution in [0.4, 0.5) is 11.4 Å². The summed E-state index contributed by atoms with van der Waals surface area (Å²) < 4.78 is 5.71. The first kappa shape index (κ1) is 19.2. The third-order valence-electron chi connectivity index (χ3n) is 4.04. The van der Waals surface area contributed by atoms with Crippen LogP contribution in [-0.2, 0) is 16.2 Å². The molecule has 0 heterocycles. The lowest BCUT2D eigenvalue weighted by atomic mass is 10.2. The third-order valence-corrected chi connectivity index (χ3v) is 4.04. The maximum atomic E-state index is 12.1. The Labute approximate surface area is 164 Å². The topological polar surface area (TPSA) is 67.4 Å². The Hall–Kier alpha value is -3.60. The number of hydrogen-bond donors (Lipinski definition) is 2. The summed E-state index contributed by atoms with van der Waals surface area (Å²) >= 11 is 0. The highest BCUT2D eigenvalue weighted by molar-refractivity contribution is 6.08. The van der Waals surface area contributed by atoms with E-state index in [1.165, 1.54) is 0 Å². The van der Waals surface area contributed by atoms with Crippen LogP contribution in [-0.4, -0.2) is 11.8 Å². The third kappa shape index (κ3) is 5.99. The van der Waals surface area contributed by atoms with Gasteiger partial charge in [-0.2, -0.15) is 0 Å². The van der Waals surface area contributed by atoms with Gasteiger partial charge in [0, 0.05) is 11.4 Å². The number of aryl methyl sites for hydroxylation is 1. The van der Waals surface area contributed by atoms with Crippen LogP contribution in [0.25, 0.3) is 0 Å². The lowest BCUT2D eigenvalue weighted by molar-refractivity contribution is -0.123. The quantitative estimate of drug-likeness (QED) is 0.597. The van der Waals surface area contributed by atoms with Gasteiger partial charge in [-0.05, 0) is 48.9 Å². The van der Waals surface area contributed by atoms with Crippen LogP contribution >= 0.6 is 0 Å². The second-order valence-corrected chi connectivity index (χ2v) is 6.44. The van der Waals surface area contributed by atoms with Crippen molar-refractivity contribution in [1.82, 2.24) is 0 Å². The molecule has 0 spiro atoms. The first-order valence-electron chi connectivity index (χ1n) is 9.02. The second kappa shape index (κ2) is 9.37. The van der Waals surface area contributed by atoms with Crippen molar-refractivity contribution in [3.8, 4) is 5.75 Å². The van der Waals surface area contributed by atoms with Crippen molar-refractivity contribution in [1.29, 1.82) is 0 Å². The number of ether oxygens (including phenoxy) is 1. The van der Waals surface area contributed by atoms with Gasteiger partial charge in [0.05, 0.1) is 0 Å². The molecule has 0 aliphatic carbocycles. The molecule has 0 aromatic heterocycles. The Morgan fingerprint density at radius 1 is 0.750 bits per heavy atom. The first-order chi connectivity index (χ1) is 13.6. The van der Waals surface area contributed by atoms with Crippen molar-refractivity contribution >= 4 is 23.2 Å². The number of rotatable bonds is 7. The Morgan fingerprint density at radius 2 is 1.29 bits per heavy atom. The van der Waals surface area contributed by atoms with Gasteiger partial charge >= 0.3 is 0 Å². The number of benzene rings is 3. The fourth-order valence-electron chi connectivity index (χ4n) is 2.57. The molecule has 5 heteroatoms. The molecule has 2 amide bonds. The molecule has 0 saturated heterocycles. The van der Waals surface area contributed by atoms with Crippen LogP contribution in [0.1, 0.15) is 17.5 Å². The van der Waals surface area contributed by atoms with E-state index in [9.17, 15) is 9.59 Å². The van der Waals surface area contributed by atoms with E-state index in [2.05, 4.69) is 10.6 Å². The lowest BCUT2D eigenvalue weighted by Gasteiger charge is -2.09. The van der Waals surface area contributed by atoms with Gasteiger partial charge in [-0.3, -0.25) is 9.59 Å². The van der Waals surface area contributed by atoms with E-state index in [4.69, 9.17) is 4.74 Å². The molecule has 28 heavy (non-hydrogen) atoms. The zero-order valence-electron chi connectivity index (χ0n) is 15.6. The predicted molar refractivity (Wildman–Crippen MR) is 110 cm³/mol. The fourth-order valence-corrected chi connectivity index (χ4v) is 2.57. The van der Waals surface area contributed by atoms with Crippen LogP contribution in [0.2, 0.25) is 0 Å². The van der Waals surface area contributed by atoms with Crippen molar-refractivity contribution in [3.05, 3.63) is 90.0 Å². The van der Waals surface area contributed by atoms with Gasteiger partial charge in [0.1, 0.15) is 18.8 Å². The summed E-state index contributed by atoms with van der Waals surface area (Å²) in [6, 6.07) is 24.3. The van der Waals surface area contributed by atoms with Gasteiger partial charge in [0.2, 0.25) is 11.8 Å². The van der Waals surface area contributed by atoms with Crippen molar-refractivity contribution in [2.75, 3.05) is 10.6 Å². The van der Waals surface area contributed by atoms with E-state index in [-0.39, 0.29) is 18.2 Å². The average molecular weight is 374 g/mol. The number of anilines is 2. The number of hydrogen-bond acceptors (Lipinski definition) is 3. The molecule has 3 rings (SSSR count). The zero-order valence-corrected chi connectivity index (χ0v) is 15.6. The molecule has 3 aromatic carbocycles. The van der Waals surface area contributed by atoms with Crippen molar-refractivity contribution < 1.29 is 14.3 Å². The van der Waals surface area contributed by atoms with Crippen LogP contribution in [0.15, 0.2) is 78.9 Å². The summed E-state index contributed by atoms with van der Waals surface area (Å²) in [6.07, 6.45) is -0.250. The summed E-state index contributed by atoms with van der Waals surface area (Å²) in [4.78, 5) is 24.0. The molecule has 0 atom stereocenters. The Morgan fingerprint density at radius 3 is 1.86 bits per heavy atom. The number of carbonyl (C=O) groups is 2. The minimum Gasteiger partial charge on any atom is -0.489 e. The highest BCUT2D eigenvalue weighted by Gasteiger charge is 2.10. The highest BCUT2D eigenvalue weighted by atomic mass is 16.5. The summed E-state index contributed by atoms with van der Waals surface area (Å²) in [5.74, 6) is -0.0225. The number of carbonyl (C=O) groups excluding carboxylic acids is 2. The smallest absolute Gasteiger partial charge is 0.233 e. The van der Waals surface area contributed by atoms with Crippen LogP contribution in [0.5, 0.6) is 5.75 Å². The largest absolute Gasteiger partial charge is 0.489 e. The molecule has 0 bridgehead atoms. The van der Waals surface area contributed by atoms with Crippen LogP contribution in [0, 0.1) is 6.92 Å². The van der Waals surface area contributed by atoms with Crippen molar-refractivity contribution in [2.45, 2.75) is 20.0 Å². The molecular weight excluding hydrogens is 352 g/mol. The molecule has 0 radical (unpaired) electrons. The van der Waals surface area contributed by atoms with Gasteiger partial charge in [-0.15, -0.1) is 0 Å². The van der Waals surface area contributed by atoms with Gasteiger partial charge < -0.3 is 15.4 Å². The average Bonchev–Trinajstić information content (AvgIpc) is 2.70. The zero-order chi connectivity index (χ0) is 19.8. The van der Waals surface area contributed by atoms with E-state index in [0.717, 1.165) is 11.1 Å². The standard InChI is InChI=1S/C23H22N2O3/c1-17-7-9-19(10-8-17)24-22(26)15-23(27)25-20-11-13-21(14-12-20)28-16-18-5-3-2-4-6-18/h2-14H,15-16H2,1H3,(H,24,26)(H,25,27). The van der Waals surface area contributed by atoms with Gasteiger partial charge in [0.25, 0.3) is 0 Å². The van der Waals surface area contributed by atoms with E-state index < -0.39 is 0 Å². The number of amides is 2. The molecule has 0 aliphatic heterocycles. The monoisotopic (exact) mass is 374 g/mol. The molecule has 0 aliphatic rings. The molecule has 2 N–H and O–H groups in total. The first-order valence-corrected chi connectivity index (χ1v) is 9.02. The van der Waals surface area contributed by atoms with Crippen LogP contribution in [0.3, 0.4) is 0 Å². The minimum absolute atomic E-state index is 0.250. The molecule has 3 aromatic rings. The normalized spacial score (nSPS) is 10.2. The van der Waals surface area contributed by atoms with Gasteiger partial charge in [-0.1, -0.05) is 48.0 Å². The Bertz CT molecular complexity index is 920. The van der Waals surface area contributed by atoms with Gasteiger partial charge in [0.15, 0.2) is 0 Å². The molecule has 0 fully saturated rings. The molecular formula is C23H22N2O3. The van der Waals surface area contributed by atoms with Crippen molar-refractivity contribution in [3.63, 3.8) is 0 Å². The van der Waals surface area contributed by atoms with Crippen molar-refractivity contribution in [2.24, 2.45) is 0 Å². The lowest BCUT2D eigenvalue weighted by Crippen LogP contribution is -2.21. The van der Waals surface area contributed by atoms with E-state index in [1.54, 1.807) is 36.4 Å². The minimum atomic E-state index is -0.373. The molecule has 142 valence electrons. The summed E-state index contributed by atoms with van der Waals surface area (Å²) in [5.41, 5.74) is 3.47. The van der Waals surface area contributed by atoms with Gasteiger partial charge in [-0.25, -0.2) is 0 Å². The molecule has 0 saturated carbocycles. The Balaban J connectivity index is 1.45. The molecule has 0 unspecified atom stereocenters. The SMILES string of the molecule is Cc1ccc(NC(=O)CC(=O)Nc2ccc(OCc3ccccc3)cc2)cc1. The highest BCUT2D eigenvalue weighted by Crippen LogP contribution is 2.17.